The first-order chi connectivity index (χ1) is 23.1. The Labute approximate surface area is 296 Å². The highest BCUT2D eigenvalue weighted by Crippen LogP contribution is 2.53. The van der Waals surface area contributed by atoms with E-state index >= 15 is 0 Å². The topological polar surface area (TPSA) is 68.3 Å². The number of hydrogen-bond acceptors (Lipinski definition) is 4. The number of hydrogen-bond donors (Lipinski definition) is 0. The number of allylic oxidation sites excluding steroid dienone is 4. The van der Waals surface area contributed by atoms with E-state index in [0.29, 0.717) is 0 Å². The molecule has 0 aromatic heterocycles. The van der Waals surface area contributed by atoms with Crippen molar-refractivity contribution in [3.8, 4) is 0 Å². The van der Waals surface area contributed by atoms with E-state index in [1.165, 1.54) is 10.4 Å². The minimum atomic E-state index is -4.33. The molecule has 0 unspecified atom stereocenters. The van der Waals surface area contributed by atoms with Crippen molar-refractivity contribution in [2.75, 3.05) is 0 Å². The van der Waals surface area contributed by atoms with Crippen LogP contribution in [-0.2, 0) is 19.7 Å². The Morgan fingerprint density at radius 2 is 0.878 bits per heavy atom. The van der Waals surface area contributed by atoms with Crippen molar-refractivity contribution < 1.29 is 16.8 Å². The van der Waals surface area contributed by atoms with Crippen LogP contribution in [0, 0.1) is 25.7 Å². The summed E-state index contributed by atoms with van der Waals surface area (Å²) in [6, 6.07) is 36.1. The van der Waals surface area contributed by atoms with Gasteiger partial charge in [0.05, 0.1) is 25.9 Å². The van der Waals surface area contributed by atoms with Gasteiger partial charge in [-0.15, -0.1) is 0 Å². The van der Waals surface area contributed by atoms with E-state index < -0.39 is 39.9 Å². The highest BCUT2D eigenvalue weighted by Gasteiger charge is 2.61. The lowest BCUT2D eigenvalue weighted by Crippen LogP contribution is -2.44. The predicted molar refractivity (Wildman–Crippen MR) is 211 cm³/mol. The van der Waals surface area contributed by atoms with Crippen LogP contribution in [0.3, 0.4) is 0 Å². The van der Waals surface area contributed by atoms with Crippen LogP contribution in [0.5, 0.6) is 0 Å². The summed E-state index contributed by atoms with van der Waals surface area (Å²) in [4.78, 5) is 0.104. The summed E-state index contributed by atoms with van der Waals surface area (Å²) in [6.45, 7) is 13.1. The summed E-state index contributed by atoms with van der Waals surface area (Å²) in [5.74, 6) is -0.530. The molecule has 8 heteroatoms. The van der Waals surface area contributed by atoms with Crippen LogP contribution in [0.1, 0.15) is 24.0 Å². The molecule has 0 radical (unpaired) electrons. The van der Waals surface area contributed by atoms with E-state index in [4.69, 9.17) is 0 Å². The van der Waals surface area contributed by atoms with Gasteiger partial charge in [0.2, 0.25) is 0 Å². The molecule has 1 saturated carbocycles. The molecule has 5 rings (SSSR count). The third-order valence-electron chi connectivity index (χ3n) is 10.4. The molecule has 1 fully saturated rings. The van der Waals surface area contributed by atoms with Crippen LogP contribution in [0.15, 0.2) is 143 Å². The SMILES string of the molecule is Cc1ccc(S(=O)(=O)C2(S(=O)(=O)c3ccc(C)cc3)C[C@H](/C=C\C[Si](C)(C)c3ccccc3)[C@@H](/C=C/C[Si](C)(C)c3ccccc3)C2)cc1. The van der Waals surface area contributed by atoms with Gasteiger partial charge in [0, 0.05) is 0 Å². The summed E-state index contributed by atoms with van der Waals surface area (Å²) in [6.07, 6.45) is 8.64. The van der Waals surface area contributed by atoms with E-state index in [2.05, 4.69) is 99.0 Å². The van der Waals surface area contributed by atoms with Crippen LogP contribution in [0.4, 0.5) is 0 Å². The van der Waals surface area contributed by atoms with Crippen molar-refractivity contribution in [2.45, 2.75) is 78.8 Å². The molecule has 4 aromatic rings. The maximum Gasteiger partial charge on any atom is 0.198 e. The lowest BCUT2D eigenvalue weighted by atomic mass is 9.95. The molecule has 2 atom stereocenters. The first-order valence-corrected chi connectivity index (χ1v) is 26.5. The Kier molecular flexibility index (Phi) is 10.9. The fraction of sp³-hybridized carbons (Fsp3) is 0.317. The van der Waals surface area contributed by atoms with E-state index in [9.17, 15) is 16.8 Å². The molecule has 0 amide bonds. The number of sulfone groups is 2. The fourth-order valence-electron chi connectivity index (χ4n) is 7.06. The molecule has 4 aromatic carbocycles. The van der Waals surface area contributed by atoms with Crippen LogP contribution in [-0.4, -0.2) is 37.1 Å². The van der Waals surface area contributed by atoms with E-state index in [1.807, 2.05) is 26.0 Å². The van der Waals surface area contributed by atoms with Crippen molar-refractivity contribution in [3.63, 3.8) is 0 Å². The Hall–Kier alpha value is -3.31. The smallest absolute Gasteiger partial charge is 0.198 e. The second-order valence-corrected chi connectivity index (χ2v) is 29.3. The number of benzene rings is 4. The molecule has 0 N–H and O–H groups in total. The molecule has 258 valence electrons. The molecule has 0 bridgehead atoms. The zero-order valence-electron chi connectivity index (χ0n) is 29.6. The second kappa shape index (κ2) is 14.5. The first kappa shape index (κ1) is 37.0. The van der Waals surface area contributed by atoms with Gasteiger partial charge in [-0.3, -0.25) is 0 Å². The zero-order valence-corrected chi connectivity index (χ0v) is 33.3. The molecule has 49 heavy (non-hydrogen) atoms. The largest absolute Gasteiger partial charge is 0.222 e. The van der Waals surface area contributed by atoms with Gasteiger partial charge in [-0.2, -0.15) is 0 Å². The monoisotopic (exact) mass is 726 g/mol. The van der Waals surface area contributed by atoms with Gasteiger partial charge in [-0.05, 0) is 74.9 Å². The summed E-state index contributed by atoms with van der Waals surface area (Å²) >= 11 is 0. The number of aryl methyl sites for hydroxylation is 2. The molecule has 0 aliphatic heterocycles. The highest BCUT2D eigenvalue weighted by atomic mass is 32.3. The Morgan fingerprint density at radius 1 is 0.551 bits per heavy atom. The summed E-state index contributed by atoms with van der Waals surface area (Å²) < 4.78 is 57.5. The van der Waals surface area contributed by atoms with Crippen molar-refractivity contribution in [1.29, 1.82) is 0 Å². The minimum absolute atomic E-state index is 0.00223. The zero-order chi connectivity index (χ0) is 35.5. The van der Waals surface area contributed by atoms with E-state index in [1.54, 1.807) is 48.5 Å². The number of rotatable bonds is 12. The van der Waals surface area contributed by atoms with Gasteiger partial charge < -0.3 is 0 Å². The van der Waals surface area contributed by atoms with Gasteiger partial charge in [-0.25, -0.2) is 16.8 Å². The molecule has 0 saturated heterocycles. The summed E-state index contributed by atoms with van der Waals surface area (Å²) in [7, 11) is -12.3. The maximum absolute atomic E-state index is 14.9. The van der Waals surface area contributed by atoms with Crippen LogP contribution in [0.2, 0.25) is 38.3 Å². The maximum atomic E-state index is 14.9. The second-order valence-electron chi connectivity index (χ2n) is 15.0. The molecule has 0 heterocycles. The van der Waals surface area contributed by atoms with Crippen LogP contribution >= 0.6 is 0 Å². The van der Waals surface area contributed by atoms with Gasteiger partial charge in [-0.1, -0.05) is 157 Å². The van der Waals surface area contributed by atoms with Gasteiger partial charge >= 0.3 is 0 Å². The van der Waals surface area contributed by atoms with E-state index in [-0.39, 0.29) is 34.5 Å². The van der Waals surface area contributed by atoms with Crippen molar-refractivity contribution in [1.82, 2.24) is 0 Å². The predicted octanol–water partition coefficient (Wildman–Crippen LogP) is 8.62. The van der Waals surface area contributed by atoms with Gasteiger partial charge in [0.1, 0.15) is 0 Å². The Balaban J connectivity index is 1.59. The molecular weight excluding hydrogens is 677 g/mol. The van der Waals surface area contributed by atoms with Gasteiger partial charge in [0.25, 0.3) is 0 Å². The normalized spacial score (nSPS) is 18.7. The fourth-order valence-corrected chi connectivity index (χ4v) is 16.4. The van der Waals surface area contributed by atoms with Crippen molar-refractivity contribution >= 4 is 46.2 Å². The quantitative estimate of drug-likeness (QED) is 0.108. The minimum Gasteiger partial charge on any atom is -0.222 e. The molecule has 1 aliphatic carbocycles. The highest BCUT2D eigenvalue weighted by molar-refractivity contribution is 8.10. The third-order valence-corrected chi connectivity index (χ3v) is 22.5. The molecule has 0 spiro atoms. The van der Waals surface area contributed by atoms with Crippen molar-refractivity contribution in [2.24, 2.45) is 11.8 Å². The Bertz CT molecular complexity index is 1850. The van der Waals surface area contributed by atoms with Crippen molar-refractivity contribution in [3.05, 3.63) is 145 Å². The lowest BCUT2D eigenvalue weighted by Gasteiger charge is -2.29. The lowest BCUT2D eigenvalue weighted by molar-refractivity contribution is 0.534. The van der Waals surface area contributed by atoms with Crippen LogP contribution < -0.4 is 10.4 Å². The third kappa shape index (κ3) is 7.72. The van der Waals surface area contributed by atoms with Crippen LogP contribution in [0.25, 0.3) is 0 Å². The first-order valence-electron chi connectivity index (χ1n) is 17.2. The average molecular weight is 727 g/mol. The Morgan fingerprint density at radius 3 is 1.20 bits per heavy atom. The van der Waals surface area contributed by atoms with Gasteiger partial charge in [0.15, 0.2) is 23.8 Å². The molecule has 1 aliphatic rings. The average Bonchev–Trinajstić information content (AvgIpc) is 3.46. The standard InChI is InChI=1S/C41H50O4S2Si2/c1-33-21-25-37(26-22-33)46(42,43)41(47(44,45)38-27-23-34(2)24-28-38)31-35(15-13-29-48(3,4)39-17-9-7-10-18-39)36(32-41)16-14-30-49(5,6)40-19-11-8-12-20-40/h7-28,35-36H,29-32H2,1-6H3/b15-13-,16-14+/t35-,36-/m0/s1. The van der Waals surface area contributed by atoms with E-state index in [0.717, 1.165) is 23.2 Å². The molecule has 4 nitrogen and oxygen atoms in total. The summed E-state index contributed by atoms with van der Waals surface area (Å²) in [5.41, 5.74) is 1.83. The molecular formula is C41H50O4S2Si2. The summed E-state index contributed by atoms with van der Waals surface area (Å²) in [5, 5.41) is 2.71.